The number of rotatable bonds is 4. The van der Waals surface area contributed by atoms with Gasteiger partial charge in [0.15, 0.2) is 0 Å². The number of thiophene rings is 1. The lowest BCUT2D eigenvalue weighted by Gasteiger charge is -2.04. The molecule has 0 N–H and O–H groups in total. The summed E-state index contributed by atoms with van der Waals surface area (Å²) in [7, 11) is 1.56. The maximum absolute atomic E-state index is 12.0. The van der Waals surface area contributed by atoms with Crippen molar-refractivity contribution in [2.24, 2.45) is 0 Å². The molecule has 0 radical (unpaired) electrons. The fourth-order valence-corrected chi connectivity index (χ4v) is 4.14. The van der Waals surface area contributed by atoms with Crippen LogP contribution in [-0.4, -0.2) is 24.7 Å². The molecular weight excluding hydrogens is 398 g/mol. The van der Waals surface area contributed by atoms with E-state index >= 15 is 0 Å². The Morgan fingerprint density at radius 1 is 1.53 bits per heavy atom. The molecule has 0 saturated heterocycles. The minimum Gasteiger partial charge on any atom is -0.481 e. The highest BCUT2D eigenvalue weighted by Crippen LogP contribution is 2.41. The summed E-state index contributed by atoms with van der Waals surface area (Å²) >= 11 is 8.25. The molecule has 0 aliphatic carbocycles. The Labute approximate surface area is 131 Å². The third-order valence-corrected chi connectivity index (χ3v) is 5.19. The van der Waals surface area contributed by atoms with Crippen LogP contribution in [0.2, 0.25) is 0 Å². The molecular formula is C12H11Br2NO3S. The van der Waals surface area contributed by atoms with Crippen molar-refractivity contribution >= 4 is 59.3 Å². The largest absolute Gasteiger partial charge is 0.481 e. The van der Waals surface area contributed by atoms with Crippen molar-refractivity contribution in [2.45, 2.75) is 12.3 Å². The van der Waals surface area contributed by atoms with E-state index in [4.69, 9.17) is 9.47 Å². The van der Waals surface area contributed by atoms with Crippen LogP contribution >= 0.6 is 43.2 Å². The average molecular weight is 409 g/mol. The van der Waals surface area contributed by atoms with Crippen LogP contribution in [-0.2, 0) is 10.1 Å². The van der Waals surface area contributed by atoms with Gasteiger partial charge in [-0.1, -0.05) is 15.9 Å². The summed E-state index contributed by atoms with van der Waals surface area (Å²) in [5, 5.41) is 1.39. The molecule has 102 valence electrons. The molecule has 0 bridgehead atoms. The highest BCUT2D eigenvalue weighted by molar-refractivity contribution is 9.10. The molecule has 2 aromatic rings. The number of pyridine rings is 1. The number of nitrogens with zero attached hydrogens (tertiary/aromatic N) is 1. The Hall–Kier alpha value is -0.660. The summed E-state index contributed by atoms with van der Waals surface area (Å²) in [4.78, 5) is 16.8. The van der Waals surface area contributed by atoms with Gasteiger partial charge in [0.1, 0.15) is 4.88 Å². The van der Waals surface area contributed by atoms with Crippen LogP contribution in [0.5, 0.6) is 5.88 Å². The van der Waals surface area contributed by atoms with Crippen molar-refractivity contribution in [3.05, 3.63) is 21.1 Å². The Balaban J connectivity index is 2.73. The van der Waals surface area contributed by atoms with E-state index in [1.165, 1.54) is 11.3 Å². The summed E-state index contributed by atoms with van der Waals surface area (Å²) in [5.41, 5.74) is 0.851. The first-order valence-electron chi connectivity index (χ1n) is 5.50. The SMILES string of the molecule is CCOC(=O)c1sc2c(Br)cnc(OC)c2c1CBr. The van der Waals surface area contributed by atoms with E-state index in [-0.39, 0.29) is 5.97 Å². The number of fused-ring (bicyclic) bond motifs is 1. The Morgan fingerprint density at radius 2 is 2.26 bits per heavy atom. The molecule has 19 heavy (non-hydrogen) atoms. The van der Waals surface area contributed by atoms with Gasteiger partial charge in [-0.3, -0.25) is 0 Å². The molecule has 0 aliphatic heterocycles. The normalized spacial score (nSPS) is 10.7. The summed E-state index contributed by atoms with van der Waals surface area (Å²) in [6.45, 7) is 2.14. The number of hydrogen-bond acceptors (Lipinski definition) is 5. The highest BCUT2D eigenvalue weighted by atomic mass is 79.9. The van der Waals surface area contributed by atoms with E-state index in [2.05, 4.69) is 36.8 Å². The van der Waals surface area contributed by atoms with Crippen LogP contribution in [0.25, 0.3) is 10.1 Å². The van der Waals surface area contributed by atoms with Crippen LogP contribution in [0.3, 0.4) is 0 Å². The van der Waals surface area contributed by atoms with Crippen LogP contribution in [0, 0.1) is 0 Å². The zero-order valence-corrected chi connectivity index (χ0v) is 14.3. The number of carbonyl (C=O) groups is 1. The molecule has 2 aromatic heterocycles. The number of methoxy groups -OCH3 is 1. The van der Waals surface area contributed by atoms with Gasteiger partial charge in [-0.15, -0.1) is 11.3 Å². The Kier molecular flexibility index (Phi) is 4.81. The van der Waals surface area contributed by atoms with Gasteiger partial charge in [-0.05, 0) is 22.9 Å². The fourth-order valence-electron chi connectivity index (χ4n) is 1.74. The second-order valence-corrected chi connectivity index (χ2v) is 6.02. The van der Waals surface area contributed by atoms with Crippen LogP contribution in [0.15, 0.2) is 10.7 Å². The maximum Gasteiger partial charge on any atom is 0.348 e. The summed E-state index contributed by atoms with van der Waals surface area (Å²) in [6, 6.07) is 0. The number of carbonyl (C=O) groups excluding carboxylic acids is 1. The minimum absolute atomic E-state index is 0.313. The van der Waals surface area contributed by atoms with Crippen molar-refractivity contribution in [1.29, 1.82) is 0 Å². The summed E-state index contributed by atoms with van der Waals surface area (Å²) in [5.74, 6) is 0.201. The van der Waals surface area contributed by atoms with Gasteiger partial charge in [0.25, 0.3) is 0 Å². The van der Waals surface area contributed by atoms with Crippen LogP contribution < -0.4 is 4.74 Å². The molecule has 0 amide bonds. The van der Waals surface area contributed by atoms with Gasteiger partial charge < -0.3 is 9.47 Å². The van der Waals surface area contributed by atoms with Gasteiger partial charge in [-0.2, -0.15) is 0 Å². The molecule has 7 heteroatoms. The Morgan fingerprint density at radius 3 is 2.84 bits per heavy atom. The molecule has 4 nitrogen and oxygen atoms in total. The molecule has 2 heterocycles. The highest BCUT2D eigenvalue weighted by Gasteiger charge is 2.23. The van der Waals surface area contributed by atoms with Crippen molar-refractivity contribution in [2.75, 3.05) is 13.7 Å². The zero-order chi connectivity index (χ0) is 14.0. The number of alkyl halides is 1. The number of aromatic nitrogens is 1. The summed E-state index contributed by atoms with van der Waals surface area (Å²) in [6.07, 6.45) is 1.67. The molecule has 2 rings (SSSR count). The molecule has 0 aromatic carbocycles. The third kappa shape index (κ3) is 2.64. The molecule has 0 spiro atoms. The molecule has 0 saturated carbocycles. The quantitative estimate of drug-likeness (QED) is 0.563. The van der Waals surface area contributed by atoms with E-state index < -0.39 is 0 Å². The first-order chi connectivity index (χ1) is 9.13. The van der Waals surface area contributed by atoms with E-state index in [0.29, 0.717) is 22.7 Å². The van der Waals surface area contributed by atoms with Crippen molar-refractivity contribution < 1.29 is 14.3 Å². The molecule has 0 unspecified atom stereocenters. The van der Waals surface area contributed by atoms with E-state index in [0.717, 1.165) is 20.1 Å². The second-order valence-electron chi connectivity index (χ2n) is 3.58. The van der Waals surface area contributed by atoms with Gasteiger partial charge in [0.05, 0.1) is 28.3 Å². The number of esters is 1. The third-order valence-electron chi connectivity index (χ3n) is 2.52. The monoisotopic (exact) mass is 407 g/mol. The lowest BCUT2D eigenvalue weighted by atomic mass is 10.2. The zero-order valence-electron chi connectivity index (χ0n) is 10.3. The van der Waals surface area contributed by atoms with Crippen molar-refractivity contribution in [3.8, 4) is 5.88 Å². The predicted molar refractivity (Wildman–Crippen MR) is 82.5 cm³/mol. The van der Waals surface area contributed by atoms with E-state index in [1.807, 2.05) is 0 Å². The molecule has 0 aliphatic rings. The first-order valence-corrected chi connectivity index (χ1v) is 8.24. The van der Waals surface area contributed by atoms with E-state index in [9.17, 15) is 4.79 Å². The van der Waals surface area contributed by atoms with Gasteiger partial charge in [0.2, 0.25) is 5.88 Å². The number of halogens is 2. The maximum atomic E-state index is 12.0. The molecule has 0 atom stereocenters. The van der Waals surface area contributed by atoms with Crippen LogP contribution in [0.4, 0.5) is 0 Å². The number of ether oxygens (including phenoxy) is 2. The van der Waals surface area contributed by atoms with Gasteiger partial charge >= 0.3 is 5.97 Å². The smallest absolute Gasteiger partial charge is 0.348 e. The second kappa shape index (κ2) is 6.19. The van der Waals surface area contributed by atoms with Crippen LogP contribution in [0.1, 0.15) is 22.2 Å². The topological polar surface area (TPSA) is 48.4 Å². The van der Waals surface area contributed by atoms with Gasteiger partial charge in [0, 0.05) is 17.1 Å². The van der Waals surface area contributed by atoms with Crippen molar-refractivity contribution in [1.82, 2.24) is 4.98 Å². The van der Waals surface area contributed by atoms with Gasteiger partial charge in [-0.25, -0.2) is 9.78 Å². The molecule has 0 fully saturated rings. The number of hydrogen-bond donors (Lipinski definition) is 0. The average Bonchev–Trinajstić information content (AvgIpc) is 2.80. The predicted octanol–water partition coefficient (Wildman–Crippen LogP) is 4.14. The van der Waals surface area contributed by atoms with E-state index in [1.54, 1.807) is 20.2 Å². The lowest BCUT2D eigenvalue weighted by Crippen LogP contribution is -2.04. The van der Waals surface area contributed by atoms with Crippen molar-refractivity contribution in [3.63, 3.8) is 0 Å². The minimum atomic E-state index is -0.313. The fraction of sp³-hybridized carbons (Fsp3) is 0.333. The Bertz CT molecular complexity index is 627. The standard InChI is InChI=1S/C12H11Br2NO3S/c1-3-18-12(16)9-6(4-13)8-10(19-9)7(14)5-15-11(8)17-2/h5H,3-4H2,1-2H3. The lowest BCUT2D eigenvalue weighted by molar-refractivity contribution is 0.0531. The first kappa shape index (κ1) is 14.7. The summed E-state index contributed by atoms with van der Waals surface area (Å²) < 4.78 is 12.1.